The molecular weight excluding hydrogens is 230 g/mol. The molecular formula is C10H17NO2S2. The second-order valence-electron chi connectivity index (χ2n) is 3.62. The van der Waals surface area contributed by atoms with Gasteiger partial charge in [0, 0.05) is 4.88 Å². The smallest absolute Gasteiger partial charge is 0.233 e. The van der Waals surface area contributed by atoms with Crippen molar-refractivity contribution in [2.45, 2.75) is 33.6 Å². The van der Waals surface area contributed by atoms with Crippen LogP contribution in [0.2, 0.25) is 0 Å². The zero-order chi connectivity index (χ0) is 11.5. The molecule has 0 bridgehead atoms. The van der Waals surface area contributed by atoms with Crippen LogP contribution in [-0.4, -0.2) is 14.2 Å². The molecule has 3 nitrogen and oxygen atoms in total. The normalized spacial score (nSPS) is 11.7. The van der Waals surface area contributed by atoms with Gasteiger partial charge in [0.1, 0.15) is 5.00 Å². The molecule has 0 fully saturated rings. The summed E-state index contributed by atoms with van der Waals surface area (Å²) < 4.78 is 25.8. The second kappa shape index (κ2) is 4.99. The fourth-order valence-electron chi connectivity index (χ4n) is 1.16. The molecule has 86 valence electrons. The first-order valence-corrected chi connectivity index (χ1v) is 7.49. The Morgan fingerprint density at radius 3 is 2.53 bits per heavy atom. The Morgan fingerprint density at radius 1 is 1.40 bits per heavy atom. The van der Waals surface area contributed by atoms with Crippen LogP contribution < -0.4 is 4.72 Å². The van der Waals surface area contributed by atoms with E-state index in [1.54, 1.807) is 0 Å². The van der Waals surface area contributed by atoms with E-state index >= 15 is 0 Å². The van der Waals surface area contributed by atoms with Gasteiger partial charge in [-0.05, 0) is 31.9 Å². The lowest BCUT2D eigenvalue weighted by Crippen LogP contribution is -2.15. The van der Waals surface area contributed by atoms with Gasteiger partial charge in [0.15, 0.2) is 0 Å². The molecule has 15 heavy (non-hydrogen) atoms. The van der Waals surface area contributed by atoms with E-state index in [0.29, 0.717) is 6.42 Å². The minimum absolute atomic E-state index is 0.208. The summed E-state index contributed by atoms with van der Waals surface area (Å²) in [6, 6.07) is 1.88. The van der Waals surface area contributed by atoms with Gasteiger partial charge in [-0.3, -0.25) is 4.72 Å². The largest absolute Gasteiger partial charge is 0.274 e. The third kappa shape index (κ3) is 3.83. The quantitative estimate of drug-likeness (QED) is 0.869. The first kappa shape index (κ1) is 12.5. The lowest BCUT2D eigenvalue weighted by Gasteiger charge is -2.04. The van der Waals surface area contributed by atoms with Crippen LogP contribution in [0.3, 0.4) is 0 Å². The van der Waals surface area contributed by atoms with E-state index in [-0.39, 0.29) is 5.75 Å². The highest BCUT2D eigenvalue weighted by atomic mass is 32.2. The number of anilines is 1. The molecule has 1 rings (SSSR count). The Bertz CT molecular complexity index is 401. The highest BCUT2D eigenvalue weighted by Gasteiger charge is 2.11. The van der Waals surface area contributed by atoms with E-state index in [4.69, 9.17) is 0 Å². The Hall–Kier alpha value is -0.550. The van der Waals surface area contributed by atoms with Crippen molar-refractivity contribution in [1.82, 2.24) is 0 Å². The summed E-state index contributed by atoms with van der Waals surface area (Å²) in [4.78, 5) is 1.16. The molecule has 1 aromatic heterocycles. The molecule has 0 saturated carbocycles. The predicted octanol–water partition coefficient (Wildman–Crippen LogP) is 2.91. The Kier molecular flexibility index (Phi) is 4.16. The van der Waals surface area contributed by atoms with Gasteiger partial charge in [-0.25, -0.2) is 8.42 Å². The Balaban J connectivity index is 2.69. The summed E-state index contributed by atoms with van der Waals surface area (Å²) in [7, 11) is -3.14. The van der Waals surface area contributed by atoms with E-state index < -0.39 is 10.0 Å². The molecule has 0 radical (unpaired) electrons. The number of aryl methyl sites for hydroxylation is 2. The number of thiophene rings is 1. The third-order valence-electron chi connectivity index (χ3n) is 2.19. The van der Waals surface area contributed by atoms with Crippen LogP contribution >= 0.6 is 11.3 Å². The maximum Gasteiger partial charge on any atom is 0.233 e. The molecule has 0 aliphatic heterocycles. The van der Waals surface area contributed by atoms with E-state index in [2.05, 4.69) is 4.72 Å². The molecule has 0 amide bonds. The summed E-state index contributed by atoms with van der Waals surface area (Å²) in [5.41, 5.74) is 1.13. The fraction of sp³-hybridized carbons (Fsp3) is 0.600. The van der Waals surface area contributed by atoms with Crippen molar-refractivity contribution in [3.8, 4) is 0 Å². The van der Waals surface area contributed by atoms with Crippen molar-refractivity contribution in [2.24, 2.45) is 0 Å². The lowest BCUT2D eigenvalue weighted by atomic mass is 10.3. The first-order chi connectivity index (χ1) is 6.94. The van der Waals surface area contributed by atoms with Crippen LogP contribution in [0.5, 0.6) is 0 Å². The van der Waals surface area contributed by atoms with E-state index in [0.717, 1.165) is 21.9 Å². The number of unbranched alkanes of at least 4 members (excludes halogenated alkanes) is 1. The summed E-state index contributed by atoms with van der Waals surface area (Å²) in [6.07, 6.45) is 1.60. The minimum Gasteiger partial charge on any atom is -0.274 e. The van der Waals surface area contributed by atoms with Crippen molar-refractivity contribution >= 4 is 26.4 Å². The minimum atomic E-state index is -3.14. The summed E-state index contributed by atoms with van der Waals surface area (Å²) in [5, 5.41) is 0.723. The summed E-state index contributed by atoms with van der Waals surface area (Å²) >= 11 is 1.48. The van der Waals surface area contributed by atoms with Crippen molar-refractivity contribution in [2.75, 3.05) is 10.5 Å². The first-order valence-electron chi connectivity index (χ1n) is 5.02. The van der Waals surface area contributed by atoms with Gasteiger partial charge in [0.05, 0.1) is 5.75 Å². The van der Waals surface area contributed by atoms with E-state index in [1.165, 1.54) is 11.3 Å². The van der Waals surface area contributed by atoms with Gasteiger partial charge in [-0.15, -0.1) is 11.3 Å². The monoisotopic (exact) mass is 247 g/mol. The second-order valence-corrected chi connectivity index (χ2v) is 6.72. The van der Waals surface area contributed by atoms with Gasteiger partial charge in [0.2, 0.25) is 10.0 Å². The van der Waals surface area contributed by atoms with Crippen molar-refractivity contribution in [3.63, 3.8) is 0 Å². The number of hydrogen-bond donors (Lipinski definition) is 1. The molecule has 1 heterocycles. The molecule has 5 heteroatoms. The van der Waals surface area contributed by atoms with Crippen LogP contribution in [0, 0.1) is 13.8 Å². The maximum atomic E-state index is 11.6. The van der Waals surface area contributed by atoms with Crippen molar-refractivity contribution in [1.29, 1.82) is 0 Å². The fourth-order valence-corrected chi connectivity index (χ4v) is 3.63. The highest BCUT2D eigenvalue weighted by Crippen LogP contribution is 2.26. The molecule has 0 saturated heterocycles. The van der Waals surface area contributed by atoms with Crippen LogP contribution in [-0.2, 0) is 10.0 Å². The average molecular weight is 247 g/mol. The van der Waals surface area contributed by atoms with Crippen LogP contribution in [0.4, 0.5) is 5.00 Å². The standard InChI is InChI=1S/C10H17NO2S2/c1-4-5-6-15(12,13)11-10-7-8(2)9(3)14-10/h7,11H,4-6H2,1-3H3. The lowest BCUT2D eigenvalue weighted by molar-refractivity contribution is 0.598. The van der Waals surface area contributed by atoms with Gasteiger partial charge in [0.25, 0.3) is 0 Å². The molecule has 0 spiro atoms. The van der Waals surface area contributed by atoms with E-state index in [9.17, 15) is 8.42 Å². The van der Waals surface area contributed by atoms with Crippen molar-refractivity contribution in [3.05, 3.63) is 16.5 Å². The predicted molar refractivity (Wildman–Crippen MR) is 66.1 cm³/mol. The van der Waals surface area contributed by atoms with Crippen LogP contribution in [0.1, 0.15) is 30.2 Å². The Morgan fingerprint density at radius 2 is 2.07 bits per heavy atom. The summed E-state index contributed by atoms with van der Waals surface area (Å²) in [6.45, 7) is 5.95. The third-order valence-corrected chi connectivity index (χ3v) is 4.74. The van der Waals surface area contributed by atoms with Crippen LogP contribution in [0.25, 0.3) is 0 Å². The SMILES string of the molecule is CCCCS(=O)(=O)Nc1cc(C)c(C)s1. The molecule has 0 aromatic carbocycles. The molecule has 1 N–H and O–H groups in total. The average Bonchev–Trinajstić information content (AvgIpc) is 2.41. The Labute approximate surface area is 95.6 Å². The van der Waals surface area contributed by atoms with Crippen molar-refractivity contribution < 1.29 is 8.42 Å². The zero-order valence-electron chi connectivity index (χ0n) is 9.33. The number of nitrogens with one attached hydrogen (secondary N) is 1. The summed E-state index contributed by atoms with van der Waals surface area (Å²) in [5.74, 6) is 0.208. The van der Waals surface area contributed by atoms with Gasteiger partial charge >= 0.3 is 0 Å². The maximum absolute atomic E-state index is 11.6. The van der Waals surface area contributed by atoms with Gasteiger partial charge in [-0.1, -0.05) is 13.3 Å². The molecule has 1 aromatic rings. The molecule has 0 atom stereocenters. The molecule has 0 aliphatic rings. The molecule has 0 unspecified atom stereocenters. The zero-order valence-corrected chi connectivity index (χ0v) is 11.0. The van der Waals surface area contributed by atoms with Crippen LogP contribution in [0.15, 0.2) is 6.07 Å². The van der Waals surface area contributed by atoms with Gasteiger partial charge < -0.3 is 0 Å². The number of sulfonamides is 1. The van der Waals surface area contributed by atoms with E-state index in [1.807, 2.05) is 26.8 Å². The topological polar surface area (TPSA) is 46.2 Å². The highest BCUT2D eigenvalue weighted by molar-refractivity contribution is 7.92. The molecule has 0 aliphatic carbocycles. The van der Waals surface area contributed by atoms with Gasteiger partial charge in [-0.2, -0.15) is 0 Å². The number of rotatable bonds is 5. The number of hydrogen-bond acceptors (Lipinski definition) is 3.